The number of para-hydroxylation sites is 1. The maximum absolute atomic E-state index is 10.9. The van der Waals surface area contributed by atoms with Crippen LogP contribution < -0.4 is 0 Å². The molecule has 1 nitrogen and oxygen atoms in total. The highest BCUT2D eigenvalue weighted by Gasteiger charge is 2.20. The molecule has 0 amide bonds. The fourth-order valence-corrected chi connectivity index (χ4v) is 8.07. The molecule has 0 heterocycles. The molecule has 0 saturated heterocycles. The van der Waals surface area contributed by atoms with Gasteiger partial charge in [-0.15, -0.1) is 0 Å². The van der Waals surface area contributed by atoms with Crippen LogP contribution >= 0.6 is 23.5 Å². The first-order chi connectivity index (χ1) is 18.2. The first-order valence-electron chi connectivity index (χ1n) is 16.2. The number of benzene rings is 1. The Balaban J connectivity index is 2.73. The predicted octanol–water partition coefficient (Wildman–Crippen LogP) is 11.8. The summed E-state index contributed by atoms with van der Waals surface area (Å²) in [5.41, 5.74) is 2.27. The van der Waals surface area contributed by atoms with Gasteiger partial charge in [0.05, 0.1) is 0 Å². The minimum atomic E-state index is 0.564. The van der Waals surface area contributed by atoms with Crippen molar-refractivity contribution < 1.29 is 5.11 Å². The standard InChI is InChI=1S/C34H62OS2/c1-5-9-12-15-17-20-26-36-32(25-19-14-11-7-3)29-33(37-27-21-18-16-13-10-6-2)28-31-24-22-23-30(8-4)34(31)35/h22-24,32-33,35H,5-21,25-29H2,1-4H3. The number of aryl methyl sites for hydroxylation is 1. The van der Waals surface area contributed by atoms with Gasteiger partial charge in [-0.3, -0.25) is 0 Å². The number of hydrogen-bond donors (Lipinski definition) is 1. The van der Waals surface area contributed by atoms with Crippen LogP contribution in [0.2, 0.25) is 0 Å². The topological polar surface area (TPSA) is 20.2 Å². The summed E-state index contributed by atoms with van der Waals surface area (Å²) in [6, 6.07) is 6.41. The average Bonchev–Trinajstić information content (AvgIpc) is 2.90. The maximum Gasteiger partial charge on any atom is 0.121 e. The van der Waals surface area contributed by atoms with Crippen molar-refractivity contribution in [3.8, 4) is 5.75 Å². The van der Waals surface area contributed by atoms with Crippen molar-refractivity contribution in [2.45, 2.75) is 167 Å². The molecule has 0 aliphatic heterocycles. The molecule has 1 aromatic carbocycles. The Morgan fingerprint density at radius 2 is 1.08 bits per heavy atom. The van der Waals surface area contributed by atoms with E-state index in [9.17, 15) is 5.11 Å². The summed E-state index contributed by atoms with van der Waals surface area (Å²) >= 11 is 4.47. The average molecular weight is 551 g/mol. The zero-order chi connectivity index (χ0) is 27.0. The van der Waals surface area contributed by atoms with Gasteiger partial charge in [-0.2, -0.15) is 23.5 Å². The molecule has 37 heavy (non-hydrogen) atoms. The van der Waals surface area contributed by atoms with E-state index in [1.165, 1.54) is 133 Å². The quantitative estimate of drug-likeness (QED) is 0.116. The highest BCUT2D eigenvalue weighted by molar-refractivity contribution is 8.00. The molecule has 0 aliphatic rings. The lowest BCUT2D eigenvalue weighted by Gasteiger charge is -2.24. The normalized spacial score (nSPS) is 13.2. The van der Waals surface area contributed by atoms with Gasteiger partial charge >= 0.3 is 0 Å². The molecule has 0 radical (unpaired) electrons. The Morgan fingerprint density at radius 3 is 1.65 bits per heavy atom. The first kappa shape index (κ1) is 34.7. The molecule has 2 unspecified atom stereocenters. The van der Waals surface area contributed by atoms with Crippen molar-refractivity contribution in [3.63, 3.8) is 0 Å². The molecule has 0 bridgehead atoms. The number of phenols is 1. The molecule has 0 fully saturated rings. The largest absolute Gasteiger partial charge is 0.507 e. The van der Waals surface area contributed by atoms with Gasteiger partial charge in [-0.25, -0.2) is 0 Å². The van der Waals surface area contributed by atoms with E-state index in [1.807, 2.05) is 0 Å². The second-order valence-corrected chi connectivity index (χ2v) is 13.9. The van der Waals surface area contributed by atoms with Gasteiger partial charge in [0.15, 0.2) is 0 Å². The summed E-state index contributed by atoms with van der Waals surface area (Å²) in [5.74, 6) is 3.17. The molecule has 0 spiro atoms. The Hall–Kier alpha value is -0.280. The molecule has 1 aromatic rings. The third-order valence-electron chi connectivity index (χ3n) is 7.64. The van der Waals surface area contributed by atoms with Gasteiger partial charge in [0.1, 0.15) is 5.75 Å². The van der Waals surface area contributed by atoms with Crippen LogP contribution in [0.3, 0.4) is 0 Å². The van der Waals surface area contributed by atoms with Crippen molar-refractivity contribution in [2.75, 3.05) is 11.5 Å². The van der Waals surface area contributed by atoms with E-state index in [0.29, 0.717) is 11.0 Å². The number of unbranched alkanes of at least 4 members (excludes halogenated alkanes) is 13. The number of aromatic hydroxyl groups is 1. The molecule has 0 saturated carbocycles. The van der Waals surface area contributed by atoms with Crippen LogP contribution in [0.1, 0.15) is 154 Å². The van der Waals surface area contributed by atoms with Crippen molar-refractivity contribution in [1.82, 2.24) is 0 Å². The Kier molecular flexibility index (Phi) is 23.2. The van der Waals surface area contributed by atoms with E-state index < -0.39 is 0 Å². The molecule has 3 heteroatoms. The summed E-state index contributed by atoms with van der Waals surface area (Å²) < 4.78 is 0. The minimum absolute atomic E-state index is 0.564. The van der Waals surface area contributed by atoms with Crippen LogP contribution in [0, 0.1) is 0 Å². The lowest BCUT2D eigenvalue weighted by atomic mass is 10.00. The number of hydrogen-bond acceptors (Lipinski definition) is 3. The lowest BCUT2D eigenvalue weighted by molar-refractivity contribution is 0.460. The first-order valence-corrected chi connectivity index (χ1v) is 18.3. The maximum atomic E-state index is 10.9. The number of rotatable bonds is 26. The van der Waals surface area contributed by atoms with Crippen LogP contribution in [0.4, 0.5) is 0 Å². The summed E-state index contributed by atoms with van der Waals surface area (Å²) in [5, 5.41) is 12.3. The van der Waals surface area contributed by atoms with E-state index in [0.717, 1.165) is 23.7 Å². The summed E-state index contributed by atoms with van der Waals surface area (Å²) in [4.78, 5) is 0. The second kappa shape index (κ2) is 24.7. The van der Waals surface area contributed by atoms with Crippen LogP contribution in [0.25, 0.3) is 0 Å². The van der Waals surface area contributed by atoms with Crippen LogP contribution in [-0.4, -0.2) is 27.1 Å². The van der Waals surface area contributed by atoms with Gasteiger partial charge in [-0.05, 0) is 61.2 Å². The van der Waals surface area contributed by atoms with Gasteiger partial charge < -0.3 is 5.11 Å². The summed E-state index contributed by atoms with van der Waals surface area (Å²) in [7, 11) is 0. The van der Waals surface area contributed by atoms with Gasteiger partial charge in [0.25, 0.3) is 0 Å². The van der Waals surface area contributed by atoms with Crippen LogP contribution in [-0.2, 0) is 12.8 Å². The highest BCUT2D eigenvalue weighted by atomic mass is 32.2. The van der Waals surface area contributed by atoms with Crippen molar-refractivity contribution in [1.29, 1.82) is 0 Å². The molecule has 1 rings (SSSR count). The molecular formula is C34H62OS2. The zero-order valence-corrected chi connectivity index (χ0v) is 26.8. The van der Waals surface area contributed by atoms with Crippen molar-refractivity contribution in [2.24, 2.45) is 0 Å². The Bertz CT molecular complexity index is 632. The molecule has 216 valence electrons. The molecule has 2 atom stereocenters. The van der Waals surface area contributed by atoms with Crippen LogP contribution in [0.15, 0.2) is 18.2 Å². The predicted molar refractivity (Wildman–Crippen MR) is 174 cm³/mol. The summed E-state index contributed by atoms with van der Waals surface area (Å²) in [6.45, 7) is 9.07. The minimum Gasteiger partial charge on any atom is -0.507 e. The van der Waals surface area contributed by atoms with E-state index in [4.69, 9.17) is 0 Å². The zero-order valence-electron chi connectivity index (χ0n) is 25.2. The molecular weight excluding hydrogens is 489 g/mol. The molecule has 0 aliphatic carbocycles. The lowest BCUT2D eigenvalue weighted by Crippen LogP contribution is -2.17. The Labute approximate surface area is 241 Å². The monoisotopic (exact) mass is 550 g/mol. The second-order valence-electron chi connectivity index (χ2n) is 11.1. The van der Waals surface area contributed by atoms with Crippen LogP contribution in [0.5, 0.6) is 5.75 Å². The van der Waals surface area contributed by atoms with E-state index in [-0.39, 0.29) is 0 Å². The number of phenolic OH excluding ortho intramolecular Hbond substituents is 1. The molecule has 1 N–H and O–H groups in total. The Morgan fingerprint density at radius 1 is 0.595 bits per heavy atom. The van der Waals surface area contributed by atoms with E-state index >= 15 is 0 Å². The van der Waals surface area contributed by atoms with Gasteiger partial charge in [0, 0.05) is 10.5 Å². The van der Waals surface area contributed by atoms with E-state index in [1.54, 1.807) is 0 Å². The van der Waals surface area contributed by atoms with Crippen molar-refractivity contribution >= 4 is 23.5 Å². The third kappa shape index (κ3) is 17.8. The fourth-order valence-electron chi connectivity index (χ4n) is 5.18. The van der Waals surface area contributed by atoms with Gasteiger partial charge in [-0.1, -0.05) is 136 Å². The SMILES string of the molecule is CCCCCCCCSC(CCCCCC)CC(Cc1cccc(CC)c1O)SCCCCCCCC. The summed E-state index contributed by atoms with van der Waals surface area (Å²) in [6.07, 6.45) is 26.6. The van der Waals surface area contributed by atoms with E-state index in [2.05, 4.69) is 69.4 Å². The van der Waals surface area contributed by atoms with Crippen molar-refractivity contribution in [3.05, 3.63) is 29.3 Å². The van der Waals surface area contributed by atoms with Gasteiger partial charge in [0.2, 0.25) is 0 Å². The highest BCUT2D eigenvalue weighted by Crippen LogP contribution is 2.33. The fraction of sp³-hybridized carbons (Fsp3) is 0.824. The number of thioether (sulfide) groups is 2. The smallest absolute Gasteiger partial charge is 0.121 e. The molecule has 0 aromatic heterocycles. The third-order valence-corrected chi connectivity index (χ3v) is 10.4.